The lowest BCUT2D eigenvalue weighted by Crippen LogP contribution is -2.62. The predicted molar refractivity (Wildman–Crippen MR) is 509 cm³/mol. The molecule has 0 N–H and O–H groups in total. The molecule has 0 saturated carbocycles. The molecule has 0 aliphatic carbocycles. The van der Waals surface area contributed by atoms with Gasteiger partial charge in [-0.15, -0.1) is 0 Å². The molecule has 0 fully saturated rings. The third-order valence-corrected chi connectivity index (χ3v) is 32.5. The molecule has 0 spiro atoms. The Labute approximate surface area is 729 Å². The number of nitro benzene ring substituents is 2. The number of likely N-dealkylation sites (N-methyl/N-ethyl adjacent to an activating group) is 1. The van der Waals surface area contributed by atoms with Crippen LogP contribution in [0.25, 0.3) is 0 Å². The van der Waals surface area contributed by atoms with Crippen LogP contribution in [0, 0.1) is 41.9 Å². The number of rotatable bonds is 20. The van der Waals surface area contributed by atoms with Gasteiger partial charge in [-0.3, -0.25) is 39.4 Å². The largest absolute Gasteiger partial charge is 0.454 e. The number of hydrogen-bond donors (Lipinski definition) is 0. The van der Waals surface area contributed by atoms with E-state index in [0.29, 0.717) is 26.6 Å². The summed E-state index contributed by atoms with van der Waals surface area (Å²) in [5.41, 5.74) is 1.71. The quantitative estimate of drug-likeness (QED) is 0.0226. The number of ether oxygens (including phenoxy) is 1. The minimum Gasteiger partial charge on any atom is -0.454 e. The molecule has 1 amide bonds. The second-order valence-electron chi connectivity index (χ2n) is 38.6. The van der Waals surface area contributed by atoms with Gasteiger partial charge in [0.2, 0.25) is 11.6 Å². The first-order valence-electron chi connectivity index (χ1n) is 39.6. The van der Waals surface area contributed by atoms with Crippen LogP contribution in [-0.2, 0) is 23.9 Å². The lowest BCUT2D eigenvalue weighted by atomic mass is 9.66. The predicted octanol–water partition coefficient (Wildman–Crippen LogP) is 22.8. The standard InChI is InChI=1S/C20H18OSi.C13H24O3.C11H21NO2.2C10H13ClOSi.2C10H13NO3Si.C10H14OSi/c1-22(18-13-7-3-8-14-18,19-15-9-4-10-16-19)20(21)17-11-5-2-6-12-17;1-11(2,3)13(7,8)9(14)10(15)16-12(4,5)6;1-10(2,3)11(4,5)8(13)9(14)12(6)7;1-13(2,3)10(12)8-4-6-9(11)7-5-8;1-13(2,3)10(12)8-5-4-6-9(11)7-8;1-15(2,3)10(12)8-4-6-9(7-5-8)11(13)14;1-15(2,3)10(12)8-5-4-6-9(7-8)11(13)14;1-12(2,3)10(11)9-7-5-4-6-8-9/h2-16H,1H3;1-8H3;1-7H3;2*4-7H,1-3H3;2*4-7H,1-3H3;4-8H,1-3H3. The Morgan fingerprint density at radius 1 is 0.317 bits per heavy atom. The Balaban J connectivity index is 0.000000691. The van der Waals surface area contributed by atoms with E-state index in [1.807, 2.05) is 243 Å². The summed E-state index contributed by atoms with van der Waals surface area (Å²) in [6.45, 7) is 56.4. The number of hydrogen-bond acceptors (Lipinski definition) is 15. The van der Waals surface area contributed by atoms with Gasteiger partial charge >= 0.3 is 5.97 Å². The average molecular weight is 1780 g/mol. The summed E-state index contributed by atoms with van der Waals surface area (Å²) >= 11 is 11.5. The molecule has 0 aliphatic heterocycles. The van der Waals surface area contributed by atoms with Gasteiger partial charge in [0.05, 0.1) is 9.85 Å². The summed E-state index contributed by atoms with van der Waals surface area (Å²) in [7, 11) is -8.13. The Bertz CT molecular complexity index is 4760. The summed E-state index contributed by atoms with van der Waals surface area (Å²) in [6.07, 6.45) is 0. The monoisotopic (exact) mass is 1780 g/mol. The van der Waals surface area contributed by atoms with Crippen LogP contribution in [0.4, 0.5) is 11.4 Å². The van der Waals surface area contributed by atoms with Gasteiger partial charge in [-0.1, -0.05) is 355 Å². The maximum Gasteiger partial charge on any atom is 0.375 e. The Morgan fingerprint density at radius 2 is 0.592 bits per heavy atom. The van der Waals surface area contributed by atoms with Crippen molar-refractivity contribution in [2.45, 2.75) is 200 Å². The SMILES string of the molecule is CC(C)(C)OC(=O)C(=O)C(C)(C)C(C)(C)C.CN(C)C(=O)C(=O)C(C)(C)C(C)(C)C.C[Si](C(=O)c1ccccc1)(c1ccccc1)c1ccccc1.C[Si](C)(C)C(=O)c1ccc(Cl)cc1.C[Si](C)(C)C(=O)c1ccc([N+](=O)[O-])cc1.C[Si](C)(C)C(=O)c1cccc(Cl)c1.C[Si](C)(C)C(=O)c1cccc([N+](=O)[O-])c1.C[Si](C)(C)C(=O)c1ccccc1. The molecule has 120 heavy (non-hydrogen) atoms. The number of amides is 1. The topological polar surface area (TPSA) is 269 Å². The summed E-state index contributed by atoms with van der Waals surface area (Å²) in [5.74, 6) is -1.96. The maximum absolute atomic E-state index is 13.3. The van der Waals surface area contributed by atoms with E-state index >= 15 is 0 Å². The van der Waals surface area contributed by atoms with Gasteiger partial charge in [-0.2, -0.15) is 0 Å². The molecule has 0 atom stereocenters. The van der Waals surface area contributed by atoms with Crippen molar-refractivity contribution in [1.82, 2.24) is 4.90 Å². The first kappa shape index (κ1) is 109. The van der Waals surface area contributed by atoms with Crippen LogP contribution in [0.3, 0.4) is 0 Å². The highest BCUT2D eigenvalue weighted by Crippen LogP contribution is 2.40. The minimum absolute atomic E-state index is 0.0159. The van der Waals surface area contributed by atoms with Crippen LogP contribution in [-0.4, -0.2) is 139 Å². The van der Waals surface area contributed by atoms with Crippen molar-refractivity contribution in [3.63, 3.8) is 0 Å². The van der Waals surface area contributed by atoms with E-state index in [9.17, 15) is 68.2 Å². The van der Waals surface area contributed by atoms with Gasteiger partial charge in [0.1, 0.15) is 73.0 Å². The third-order valence-electron chi connectivity index (χ3n) is 19.6. The number of halogens is 2. The molecule has 8 aromatic rings. The molecule has 18 nitrogen and oxygen atoms in total. The minimum atomic E-state index is -2.48. The fourth-order valence-corrected chi connectivity index (χ4v) is 18.8. The fraction of sp³-hybridized carbons (Fsp3) is 0.383. The second kappa shape index (κ2) is 45.6. The zero-order chi connectivity index (χ0) is 93.1. The average Bonchev–Trinajstić information content (AvgIpc) is 0.750. The van der Waals surface area contributed by atoms with Gasteiger partial charge in [-0.05, 0) is 78.4 Å². The molecule has 0 radical (unpaired) electrons. The number of ketones is 2. The van der Waals surface area contributed by atoms with Crippen LogP contribution < -0.4 is 10.4 Å². The normalized spacial score (nSPS) is 11.7. The molecular formula is C94H129Cl2N3O15Si6. The highest BCUT2D eigenvalue weighted by atomic mass is 35.5. The fourth-order valence-electron chi connectivity index (χ4n) is 10.1. The molecule has 0 aromatic heterocycles. The van der Waals surface area contributed by atoms with Gasteiger partial charge < -0.3 is 33.6 Å². The number of carbonyl (C=O) groups excluding carboxylic acids is 10. The van der Waals surface area contributed by atoms with Crippen molar-refractivity contribution >= 4 is 149 Å². The van der Waals surface area contributed by atoms with E-state index in [2.05, 4.69) is 50.5 Å². The smallest absolute Gasteiger partial charge is 0.375 e. The molecule has 26 heteroatoms. The van der Waals surface area contributed by atoms with Crippen LogP contribution in [0.2, 0.25) is 115 Å². The molecule has 0 aliphatic rings. The van der Waals surface area contributed by atoms with E-state index in [4.69, 9.17) is 27.9 Å². The number of benzene rings is 8. The number of nitro groups is 2. The molecular weight excluding hydrogens is 1650 g/mol. The Kier molecular flexibility index (Phi) is 41.3. The summed E-state index contributed by atoms with van der Waals surface area (Å²) in [4.78, 5) is 141. The van der Waals surface area contributed by atoms with Crippen LogP contribution in [0.1, 0.15) is 152 Å². The molecule has 0 heterocycles. The molecule has 0 unspecified atom stereocenters. The number of carbonyl (C=O) groups is 10. The van der Waals surface area contributed by atoms with Crippen molar-refractivity contribution in [3.8, 4) is 0 Å². The van der Waals surface area contributed by atoms with E-state index < -0.39 is 92.4 Å². The zero-order valence-electron chi connectivity index (χ0n) is 76.5. The van der Waals surface area contributed by atoms with Gasteiger partial charge in [-0.25, -0.2) is 4.79 Å². The molecule has 8 aromatic carbocycles. The Hall–Kier alpha value is -9.26. The molecule has 648 valence electrons. The van der Waals surface area contributed by atoms with Gasteiger partial charge in [0.25, 0.3) is 17.3 Å². The van der Waals surface area contributed by atoms with E-state index in [-0.39, 0.29) is 55.0 Å². The van der Waals surface area contributed by atoms with Crippen molar-refractivity contribution < 1.29 is 62.5 Å². The van der Waals surface area contributed by atoms with Crippen LogP contribution >= 0.6 is 23.2 Å². The third kappa shape index (κ3) is 35.1. The lowest BCUT2D eigenvalue weighted by Gasteiger charge is -2.37. The van der Waals surface area contributed by atoms with Crippen molar-refractivity contribution in [1.29, 1.82) is 0 Å². The van der Waals surface area contributed by atoms with E-state index in [1.165, 1.54) is 41.3 Å². The molecule has 0 bridgehead atoms. The van der Waals surface area contributed by atoms with Crippen LogP contribution in [0.15, 0.2) is 218 Å². The highest BCUT2D eigenvalue weighted by Gasteiger charge is 2.46. The Morgan fingerprint density at radius 3 is 0.892 bits per heavy atom. The summed E-state index contributed by atoms with van der Waals surface area (Å²) in [6, 6.07) is 65.5. The first-order valence-corrected chi connectivity index (χ1v) is 60.3. The van der Waals surface area contributed by atoms with Gasteiger partial charge in [0, 0.05) is 92.6 Å². The zero-order valence-corrected chi connectivity index (χ0v) is 84.0. The van der Waals surface area contributed by atoms with Crippen molar-refractivity contribution in [2.75, 3.05) is 14.1 Å². The van der Waals surface area contributed by atoms with E-state index in [1.54, 1.807) is 97.2 Å². The van der Waals surface area contributed by atoms with Gasteiger partial charge in [0.15, 0.2) is 13.5 Å². The highest BCUT2D eigenvalue weighted by molar-refractivity contribution is 7.23. The molecule has 8 rings (SSSR count). The number of esters is 1. The van der Waals surface area contributed by atoms with Crippen molar-refractivity contribution in [3.05, 3.63) is 282 Å². The first-order chi connectivity index (χ1) is 54.5. The lowest BCUT2D eigenvalue weighted by molar-refractivity contribution is -0.385. The number of nitrogens with zero attached hydrogens (tertiary/aromatic N) is 3. The van der Waals surface area contributed by atoms with Crippen LogP contribution in [0.5, 0.6) is 0 Å². The number of Topliss-reactive ketones (excluding diaryl/α,β-unsaturated/α-hetero) is 2. The van der Waals surface area contributed by atoms with Crippen molar-refractivity contribution in [2.24, 2.45) is 21.7 Å². The number of non-ortho nitro benzene ring substituents is 2. The van der Waals surface area contributed by atoms with E-state index in [0.717, 1.165) is 32.6 Å². The molecule has 0 saturated heterocycles. The summed E-state index contributed by atoms with van der Waals surface area (Å²) in [5, 5.41) is 25.8. The summed E-state index contributed by atoms with van der Waals surface area (Å²) < 4.78 is 5.09. The second-order valence-corrected chi connectivity index (χ2v) is 68.1. The maximum atomic E-state index is 13.3.